The predicted octanol–water partition coefficient (Wildman–Crippen LogP) is 7.23. The molecule has 0 aromatic heterocycles. The molecule has 0 heterocycles. The SMILES string of the molecule is CCC(C)(Pc1ccc(C)cc1C(F)(F)F)c1cc(C)cc(C(C)(C)C)c1OCOC. The van der Waals surface area contributed by atoms with E-state index in [4.69, 9.17) is 9.47 Å². The summed E-state index contributed by atoms with van der Waals surface area (Å²) in [5.41, 5.74) is 2.90. The maximum absolute atomic E-state index is 13.8. The van der Waals surface area contributed by atoms with Gasteiger partial charge in [-0.2, -0.15) is 13.2 Å². The highest BCUT2D eigenvalue weighted by Gasteiger charge is 2.38. The summed E-state index contributed by atoms with van der Waals surface area (Å²) in [4.78, 5) is 0. The molecule has 0 saturated carbocycles. The van der Waals surface area contributed by atoms with Crippen molar-refractivity contribution in [3.8, 4) is 5.75 Å². The predicted molar refractivity (Wildman–Crippen MR) is 124 cm³/mol. The van der Waals surface area contributed by atoms with Gasteiger partial charge < -0.3 is 9.47 Å². The Balaban J connectivity index is 2.71. The lowest BCUT2D eigenvalue weighted by molar-refractivity contribution is -0.136. The average Bonchev–Trinajstić information content (AvgIpc) is 2.66. The molecule has 0 fully saturated rings. The Hall–Kier alpha value is -1.58. The van der Waals surface area contributed by atoms with Gasteiger partial charge in [0.2, 0.25) is 0 Å². The number of rotatable bonds is 7. The number of hydrogen-bond acceptors (Lipinski definition) is 2. The van der Waals surface area contributed by atoms with Crippen LogP contribution in [0.3, 0.4) is 0 Å². The average molecular weight is 455 g/mol. The van der Waals surface area contributed by atoms with Crippen molar-refractivity contribution in [2.45, 2.75) is 71.6 Å². The lowest BCUT2D eigenvalue weighted by atomic mass is 9.81. The number of hydrogen-bond donors (Lipinski definition) is 0. The van der Waals surface area contributed by atoms with Crippen molar-refractivity contribution in [2.75, 3.05) is 13.9 Å². The molecule has 2 atom stereocenters. The summed E-state index contributed by atoms with van der Waals surface area (Å²) in [5, 5.41) is -0.191. The number of methoxy groups -OCH3 is 1. The third-order valence-electron chi connectivity index (χ3n) is 5.55. The van der Waals surface area contributed by atoms with Gasteiger partial charge in [0, 0.05) is 23.4 Å². The Bertz CT molecular complexity index is 916. The molecule has 0 aliphatic heterocycles. The highest BCUT2D eigenvalue weighted by atomic mass is 31.1. The van der Waals surface area contributed by atoms with E-state index in [9.17, 15) is 13.2 Å². The van der Waals surface area contributed by atoms with Crippen molar-refractivity contribution < 1.29 is 22.6 Å². The summed E-state index contributed by atoms with van der Waals surface area (Å²) in [6.07, 6.45) is -3.71. The summed E-state index contributed by atoms with van der Waals surface area (Å²) in [5.74, 6) is 0.720. The summed E-state index contributed by atoms with van der Waals surface area (Å²) >= 11 is 0. The van der Waals surface area contributed by atoms with Crippen molar-refractivity contribution in [3.63, 3.8) is 0 Å². The molecule has 2 aromatic rings. The van der Waals surface area contributed by atoms with Gasteiger partial charge in [0.05, 0.1) is 5.56 Å². The number of alkyl halides is 3. The fourth-order valence-corrected chi connectivity index (χ4v) is 5.27. The molecular weight excluding hydrogens is 420 g/mol. The highest BCUT2D eigenvalue weighted by Crippen LogP contribution is 2.51. The van der Waals surface area contributed by atoms with Crippen molar-refractivity contribution in [1.29, 1.82) is 0 Å². The summed E-state index contributed by atoms with van der Waals surface area (Å²) in [6, 6.07) is 8.78. The molecule has 2 aromatic carbocycles. The first kappa shape index (κ1) is 25.7. The lowest BCUT2D eigenvalue weighted by Gasteiger charge is -2.35. The van der Waals surface area contributed by atoms with Gasteiger partial charge in [0.25, 0.3) is 0 Å². The van der Waals surface area contributed by atoms with Gasteiger partial charge in [0.1, 0.15) is 5.75 Å². The van der Waals surface area contributed by atoms with Crippen molar-refractivity contribution in [2.24, 2.45) is 0 Å². The normalized spacial score (nSPS) is 14.8. The zero-order valence-corrected chi connectivity index (χ0v) is 20.8. The van der Waals surface area contributed by atoms with Crippen LogP contribution in [0.1, 0.15) is 68.9 Å². The molecule has 0 aliphatic rings. The van der Waals surface area contributed by atoms with Crippen molar-refractivity contribution >= 4 is 13.9 Å². The van der Waals surface area contributed by atoms with E-state index in [1.807, 2.05) is 20.8 Å². The Morgan fingerprint density at radius 2 is 1.45 bits per heavy atom. The van der Waals surface area contributed by atoms with Crippen molar-refractivity contribution in [1.82, 2.24) is 0 Å². The topological polar surface area (TPSA) is 18.5 Å². The van der Waals surface area contributed by atoms with E-state index < -0.39 is 16.9 Å². The van der Waals surface area contributed by atoms with Gasteiger partial charge in [-0.1, -0.05) is 78.6 Å². The second kappa shape index (κ2) is 9.50. The van der Waals surface area contributed by atoms with Crippen LogP contribution in [-0.2, 0) is 21.5 Å². The summed E-state index contributed by atoms with van der Waals surface area (Å²) < 4.78 is 52.6. The fraction of sp³-hybridized carbons (Fsp3) is 0.520. The first-order chi connectivity index (χ1) is 14.2. The van der Waals surface area contributed by atoms with Crippen LogP contribution in [0.5, 0.6) is 5.75 Å². The summed E-state index contributed by atoms with van der Waals surface area (Å²) in [7, 11) is 1.49. The molecule has 31 heavy (non-hydrogen) atoms. The van der Waals surface area contributed by atoms with Crippen LogP contribution in [0.25, 0.3) is 0 Å². The third-order valence-corrected chi connectivity index (χ3v) is 7.43. The standard InChI is InChI=1S/C25H34F3O2P/c1-9-24(7,31-21-11-10-16(2)12-18(21)25(26,27)28)20-14-17(3)13-19(23(4,5)6)22(20)30-15-29-8/h10-14,31H,9,15H2,1-8H3. The fourth-order valence-electron chi connectivity index (χ4n) is 3.66. The maximum atomic E-state index is 13.8. The smallest absolute Gasteiger partial charge is 0.417 e. The van der Waals surface area contributed by atoms with Gasteiger partial charge in [-0.3, -0.25) is 0 Å². The zero-order chi connectivity index (χ0) is 23.6. The summed E-state index contributed by atoms with van der Waals surface area (Å²) in [6.45, 7) is 14.2. The minimum Gasteiger partial charge on any atom is -0.467 e. The van der Waals surface area contributed by atoms with Crippen LogP contribution in [-0.4, -0.2) is 13.9 Å². The van der Waals surface area contributed by atoms with Crippen LogP contribution in [0.15, 0.2) is 30.3 Å². The molecular formula is C25H34F3O2P. The molecule has 0 saturated heterocycles. The van der Waals surface area contributed by atoms with Crippen LogP contribution < -0.4 is 10.0 Å². The monoisotopic (exact) mass is 454 g/mol. The van der Waals surface area contributed by atoms with Gasteiger partial charge in [0.15, 0.2) is 6.79 Å². The maximum Gasteiger partial charge on any atom is 0.417 e. The second-order valence-electron chi connectivity index (χ2n) is 9.35. The van der Waals surface area contributed by atoms with E-state index in [1.165, 1.54) is 6.07 Å². The van der Waals surface area contributed by atoms with Crippen LogP contribution in [0.4, 0.5) is 13.2 Å². The van der Waals surface area contributed by atoms with Gasteiger partial charge >= 0.3 is 6.18 Å². The Kier molecular flexibility index (Phi) is 7.87. The Morgan fingerprint density at radius 3 is 1.97 bits per heavy atom. The quantitative estimate of drug-likeness (QED) is 0.325. The number of halogens is 3. The molecule has 0 N–H and O–H groups in total. The van der Waals surface area contributed by atoms with Gasteiger partial charge in [-0.15, -0.1) is 0 Å². The molecule has 0 bridgehead atoms. The number of benzene rings is 2. The largest absolute Gasteiger partial charge is 0.467 e. The number of aryl methyl sites for hydroxylation is 2. The first-order valence-corrected chi connectivity index (χ1v) is 11.5. The Morgan fingerprint density at radius 1 is 0.871 bits per heavy atom. The zero-order valence-electron chi connectivity index (χ0n) is 19.8. The van der Waals surface area contributed by atoms with Crippen LogP contribution in [0.2, 0.25) is 0 Å². The molecule has 0 amide bonds. The van der Waals surface area contributed by atoms with E-state index in [1.54, 1.807) is 26.2 Å². The van der Waals surface area contributed by atoms with Crippen LogP contribution in [0, 0.1) is 13.8 Å². The first-order valence-electron chi connectivity index (χ1n) is 10.5. The highest BCUT2D eigenvalue weighted by molar-refractivity contribution is 7.48. The van der Waals surface area contributed by atoms with E-state index >= 15 is 0 Å². The van der Waals surface area contributed by atoms with Gasteiger partial charge in [-0.25, -0.2) is 0 Å². The van der Waals surface area contributed by atoms with Crippen molar-refractivity contribution in [3.05, 3.63) is 58.1 Å². The Labute approximate surface area is 186 Å². The minimum absolute atomic E-state index is 0.0685. The molecule has 0 aliphatic carbocycles. The molecule has 2 unspecified atom stereocenters. The molecule has 0 spiro atoms. The van der Waals surface area contributed by atoms with E-state index in [0.29, 0.717) is 17.3 Å². The molecule has 172 valence electrons. The lowest BCUT2D eigenvalue weighted by Crippen LogP contribution is -2.26. The van der Waals surface area contributed by atoms with E-state index in [-0.39, 0.29) is 20.8 Å². The number of ether oxygens (including phenoxy) is 2. The molecule has 2 rings (SSSR count). The molecule has 0 radical (unpaired) electrons. The third kappa shape index (κ3) is 6.02. The second-order valence-corrected chi connectivity index (χ2v) is 11.2. The van der Waals surface area contributed by atoms with Gasteiger partial charge in [-0.05, 0) is 37.1 Å². The van der Waals surface area contributed by atoms with E-state index in [2.05, 4.69) is 32.9 Å². The van der Waals surface area contributed by atoms with E-state index in [0.717, 1.165) is 22.4 Å². The molecule has 2 nitrogen and oxygen atoms in total. The van der Waals surface area contributed by atoms with Crippen LogP contribution >= 0.6 is 8.58 Å². The molecule has 6 heteroatoms. The minimum atomic E-state index is -4.39.